The van der Waals surface area contributed by atoms with Gasteiger partial charge in [0, 0.05) is 5.92 Å². The summed E-state index contributed by atoms with van der Waals surface area (Å²) < 4.78 is 34.6. The molecule has 5 nitrogen and oxygen atoms in total. The largest absolute Gasteiger partial charge is 0.373 e. The third-order valence-electron chi connectivity index (χ3n) is 4.13. The van der Waals surface area contributed by atoms with E-state index >= 15 is 0 Å². The molecule has 0 spiro atoms. The average molecular weight is 356 g/mol. The summed E-state index contributed by atoms with van der Waals surface area (Å²) >= 11 is 0. The SMILES string of the molecule is CCOP(=O)(COC[C@@H]1CCC[C@H]1OCc1ccccc1)OCC. The van der Waals surface area contributed by atoms with Gasteiger partial charge < -0.3 is 18.5 Å². The number of hydrogen-bond donors (Lipinski definition) is 0. The monoisotopic (exact) mass is 356 g/mol. The quantitative estimate of drug-likeness (QED) is 0.542. The molecule has 1 aromatic rings. The van der Waals surface area contributed by atoms with Crippen LogP contribution >= 0.6 is 7.60 Å². The lowest BCUT2D eigenvalue weighted by atomic mass is 10.1. The highest BCUT2D eigenvalue weighted by atomic mass is 31.2. The predicted octanol–water partition coefficient (Wildman–Crippen LogP) is 4.61. The Balaban J connectivity index is 1.75. The third-order valence-corrected chi connectivity index (χ3v) is 5.93. The van der Waals surface area contributed by atoms with Gasteiger partial charge >= 0.3 is 7.60 Å². The Labute approximate surface area is 145 Å². The summed E-state index contributed by atoms with van der Waals surface area (Å²) in [5, 5.41) is 0. The van der Waals surface area contributed by atoms with Gasteiger partial charge in [-0.2, -0.15) is 0 Å². The van der Waals surface area contributed by atoms with Crippen LogP contribution in [0.5, 0.6) is 0 Å². The van der Waals surface area contributed by atoms with Crippen molar-refractivity contribution in [2.24, 2.45) is 5.92 Å². The van der Waals surface area contributed by atoms with E-state index in [-0.39, 0.29) is 12.5 Å². The second-order valence-electron chi connectivity index (χ2n) is 5.97. The van der Waals surface area contributed by atoms with E-state index in [4.69, 9.17) is 18.5 Å². The first-order valence-corrected chi connectivity index (χ1v) is 10.5. The molecule has 0 aliphatic heterocycles. The summed E-state index contributed by atoms with van der Waals surface area (Å²) in [6, 6.07) is 10.2. The number of ether oxygens (including phenoxy) is 2. The van der Waals surface area contributed by atoms with Crippen molar-refractivity contribution in [3.63, 3.8) is 0 Å². The summed E-state index contributed by atoms with van der Waals surface area (Å²) in [6.45, 7) is 5.47. The molecule has 0 unspecified atom stereocenters. The molecule has 0 amide bonds. The molecule has 2 atom stereocenters. The van der Waals surface area contributed by atoms with Crippen molar-refractivity contribution in [1.29, 1.82) is 0 Å². The molecule has 0 heterocycles. The summed E-state index contributed by atoms with van der Waals surface area (Å²) in [7, 11) is -3.12. The maximum absolute atomic E-state index is 12.4. The molecule has 136 valence electrons. The standard InChI is InChI=1S/C18H29O5P/c1-3-22-24(19,23-4-2)15-20-14-17-11-8-12-18(17)21-13-16-9-6-5-7-10-16/h5-7,9-10,17-18H,3-4,8,11-15H2,1-2H3/t17-,18+/m0/s1. The van der Waals surface area contributed by atoms with Gasteiger partial charge in [0.15, 0.2) is 0 Å². The van der Waals surface area contributed by atoms with Crippen LogP contribution in [0.3, 0.4) is 0 Å². The molecule has 1 aliphatic rings. The van der Waals surface area contributed by atoms with Gasteiger partial charge in [-0.3, -0.25) is 4.57 Å². The first kappa shape index (κ1) is 19.6. The van der Waals surface area contributed by atoms with Crippen molar-refractivity contribution >= 4 is 7.60 Å². The Bertz CT molecular complexity index is 497. The zero-order chi connectivity index (χ0) is 17.3. The lowest BCUT2D eigenvalue weighted by Gasteiger charge is -2.22. The van der Waals surface area contributed by atoms with E-state index in [2.05, 4.69) is 12.1 Å². The molecular weight excluding hydrogens is 327 g/mol. The highest BCUT2D eigenvalue weighted by Gasteiger charge is 2.30. The highest BCUT2D eigenvalue weighted by Crippen LogP contribution is 2.48. The summed E-state index contributed by atoms with van der Waals surface area (Å²) in [5.74, 6) is 0.338. The Morgan fingerprint density at radius 2 is 1.79 bits per heavy atom. The van der Waals surface area contributed by atoms with Crippen molar-refractivity contribution in [2.45, 2.75) is 45.8 Å². The van der Waals surface area contributed by atoms with Crippen LogP contribution in [0.15, 0.2) is 30.3 Å². The minimum Gasteiger partial charge on any atom is -0.373 e. The van der Waals surface area contributed by atoms with Crippen molar-refractivity contribution < 1.29 is 23.1 Å². The molecule has 1 aliphatic carbocycles. The van der Waals surface area contributed by atoms with Crippen molar-refractivity contribution in [3.05, 3.63) is 35.9 Å². The van der Waals surface area contributed by atoms with Crippen LogP contribution in [0, 0.1) is 5.92 Å². The molecule has 0 radical (unpaired) electrons. The molecule has 1 aromatic carbocycles. The van der Waals surface area contributed by atoms with Crippen molar-refractivity contribution in [3.8, 4) is 0 Å². The van der Waals surface area contributed by atoms with Crippen LogP contribution in [-0.2, 0) is 29.7 Å². The second-order valence-corrected chi connectivity index (χ2v) is 7.97. The van der Waals surface area contributed by atoms with E-state index in [1.54, 1.807) is 13.8 Å². The Morgan fingerprint density at radius 3 is 2.46 bits per heavy atom. The zero-order valence-corrected chi connectivity index (χ0v) is 15.6. The van der Waals surface area contributed by atoms with E-state index in [0.717, 1.165) is 19.3 Å². The van der Waals surface area contributed by atoms with Crippen LogP contribution < -0.4 is 0 Å². The normalized spacial score (nSPS) is 21.2. The summed E-state index contributed by atoms with van der Waals surface area (Å²) in [4.78, 5) is 0. The molecule has 1 saturated carbocycles. The van der Waals surface area contributed by atoms with Crippen LogP contribution in [0.4, 0.5) is 0 Å². The Morgan fingerprint density at radius 1 is 1.08 bits per heavy atom. The minimum atomic E-state index is -3.12. The molecule has 6 heteroatoms. The van der Waals surface area contributed by atoms with Gasteiger partial charge in [0.25, 0.3) is 0 Å². The average Bonchev–Trinajstić information content (AvgIpc) is 3.02. The van der Waals surface area contributed by atoms with Gasteiger partial charge in [-0.15, -0.1) is 0 Å². The number of hydrogen-bond acceptors (Lipinski definition) is 5. The first-order chi connectivity index (χ1) is 11.7. The van der Waals surface area contributed by atoms with E-state index < -0.39 is 7.60 Å². The lowest BCUT2D eigenvalue weighted by molar-refractivity contribution is -0.0119. The van der Waals surface area contributed by atoms with Gasteiger partial charge in [-0.1, -0.05) is 36.8 Å². The molecule has 1 fully saturated rings. The van der Waals surface area contributed by atoms with Crippen LogP contribution in [0.2, 0.25) is 0 Å². The summed E-state index contributed by atoms with van der Waals surface area (Å²) in [6.07, 6.45) is 3.48. The lowest BCUT2D eigenvalue weighted by Crippen LogP contribution is -2.23. The van der Waals surface area contributed by atoms with Gasteiger partial charge in [-0.05, 0) is 32.3 Å². The number of benzene rings is 1. The van der Waals surface area contributed by atoms with Crippen molar-refractivity contribution in [2.75, 3.05) is 26.2 Å². The van der Waals surface area contributed by atoms with Crippen LogP contribution in [-0.4, -0.2) is 32.3 Å². The van der Waals surface area contributed by atoms with Crippen LogP contribution in [0.1, 0.15) is 38.7 Å². The summed E-state index contributed by atoms with van der Waals surface area (Å²) in [5.41, 5.74) is 1.18. The molecular formula is C18H29O5P. The molecule has 0 aromatic heterocycles. The van der Waals surface area contributed by atoms with E-state index in [0.29, 0.717) is 32.3 Å². The molecule has 24 heavy (non-hydrogen) atoms. The zero-order valence-electron chi connectivity index (χ0n) is 14.7. The predicted molar refractivity (Wildman–Crippen MR) is 94.0 cm³/mol. The molecule has 0 saturated heterocycles. The highest BCUT2D eigenvalue weighted by molar-refractivity contribution is 7.53. The molecule has 0 N–H and O–H groups in total. The van der Waals surface area contributed by atoms with Gasteiger partial charge in [0.1, 0.15) is 6.35 Å². The topological polar surface area (TPSA) is 54.0 Å². The van der Waals surface area contributed by atoms with E-state index in [9.17, 15) is 4.57 Å². The fourth-order valence-electron chi connectivity index (χ4n) is 3.01. The maximum atomic E-state index is 12.4. The fourth-order valence-corrected chi connectivity index (χ4v) is 4.35. The Hall–Kier alpha value is -0.710. The smallest absolute Gasteiger partial charge is 0.356 e. The minimum absolute atomic E-state index is 0.0105. The Kier molecular flexibility index (Phi) is 8.43. The fraction of sp³-hybridized carbons (Fsp3) is 0.667. The maximum Gasteiger partial charge on any atom is 0.356 e. The van der Waals surface area contributed by atoms with E-state index in [1.165, 1.54) is 5.56 Å². The van der Waals surface area contributed by atoms with Crippen LogP contribution in [0.25, 0.3) is 0 Å². The second kappa shape index (κ2) is 10.3. The molecule has 0 bridgehead atoms. The van der Waals surface area contributed by atoms with E-state index in [1.807, 2.05) is 18.2 Å². The van der Waals surface area contributed by atoms with Gasteiger partial charge in [0.05, 0.1) is 32.5 Å². The van der Waals surface area contributed by atoms with Crippen molar-refractivity contribution in [1.82, 2.24) is 0 Å². The van der Waals surface area contributed by atoms with Gasteiger partial charge in [-0.25, -0.2) is 0 Å². The first-order valence-electron chi connectivity index (χ1n) is 8.78. The van der Waals surface area contributed by atoms with Gasteiger partial charge in [0.2, 0.25) is 0 Å². The molecule has 2 rings (SSSR count). The number of rotatable bonds is 11. The third kappa shape index (κ3) is 6.30.